The predicted octanol–water partition coefficient (Wildman–Crippen LogP) is 2.21. The largest absolute Gasteiger partial charge is 0.348 e. The van der Waals surface area contributed by atoms with Gasteiger partial charge in [0.05, 0.1) is 4.90 Å². The number of fused-ring (bicyclic) bond motifs is 2. The number of carbonyl (C=O) groups is 1. The summed E-state index contributed by atoms with van der Waals surface area (Å²) >= 11 is 0. The van der Waals surface area contributed by atoms with E-state index in [9.17, 15) is 13.2 Å². The van der Waals surface area contributed by atoms with E-state index < -0.39 is 9.84 Å². The van der Waals surface area contributed by atoms with E-state index in [-0.39, 0.29) is 10.8 Å². The number of carbonyl (C=O) groups excluding carboxylic acids is 1. The van der Waals surface area contributed by atoms with E-state index in [2.05, 4.69) is 11.4 Å². The Balaban J connectivity index is 1.45. The first-order valence-electron chi connectivity index (χ1n) is 7.37. The highest BCUT2D eigenvalue weighted by Gasteiger charge is 2.35. The molecule has 1 fully saturated rings. The Kier molecular flexibility index (Phi) is 2.96. The average Bonchev–Trinajstić information content (AvgIpc) is 2.99. The van der Waals surface area contributed by atoms with Crippen molar-refractivity contribution < 1.29 is 13.2 Å². The summed E-state index contributed by atoms with van der Waals surface area (Å²) in [5, 5.41) is 2.89. The highest BCUT2D eigenvalue weighted by molar-refractivity contribution is 7.90. The lowest BCUT2D eigenvalue weighted by Crippen LogP contribution is -2.24. The fourth-order valence-corrected chi connectivity index (χ4v) is 3.60. The van der Waals surface area contributed by atoms with Crippen LogP contribution in [0.1, 0.15) is 12.0 Å². The predicted molar refractivity (Wildman–Crippen MR) is 87.3 cm³/mol. The van der Waals surface area contributed by atoms with Gasteiger partial charge in [0.1, 0.15) is 0 Å². The molecule has 3 aliphatic rings. The Morgan fingerprint density at radius 3 is 2.57 bits per heavy atom. The molecule has 0 aromatic heterocycles. The van der Waals surface area contributed by atoms with Gasteiger partial charge < -0.3 is 5.32 Å². The van der Waals surface area contributed by atoms with Gasteiger partial charge >= 0.3 is 0 Å². The molecule has 1 aromatic rings. The Labute approximate surface area is 134 Å². The molecular weight excluding hydrogens is 310 g/mol. The van der Waals surface area contributed by atoms with E-state index in [0.717, 1.165) is 17.6 Å². The van der Waals surface area contributed by atoms with Gasteiger partial charge in [-0.25, -0.2) is 8.42 Å². The van der Waals surface area contributed by atoms with Gasteiger partial charge in [0.2, 0.25) is 0 Å². The summed E-state index contributed by atoms with van der Waals surface area (Å²) in [5.74, 6) is -0.0998. The van der Waals surface area contributed by atoms with Crippen LogP contribution in [0, 0.1) is 0 Å². The maximum absolute atomic E-state index is 12.3. The van der Waals surface area contributed by atoms with E-state index in [1.807, 2.05) is 12.2 Å². The van der Waals surface area contributed by atoms with Crippen LogP contribution in [0.5, 0.6) is 0 Å². The van der Waals surface area contributed by atoms with Crippen molar-refractivity contribution in [3.63, 3.8) is 0 Å². The van der Waals surface area contributed by atoms with E-state index in [0.29, 0.717) is 12.1 Å². The molecule has 116 valence electrons. The number of amides is 1. The van der Waals surface area contributed by atoms with Crippen LogP contribution in [-0.4, -0.2) is 20.6 Å². The van der Waals surface area contributed by atoms with Gasteiger partial charge in [-0.3, -0.25) is 4.79 Å². The lowest BCUT2D eigenvalue weighted by Gasteiger charge is -2.07. The molecule has 1 amide bonds. The molecule has 5 heteroatoms. The lowest BCUT2D eigenvalue weighted by atomic mass is 10.1. The number of allylic oxidation sites excluding steroid dienone is 6. The second-order valence-corrected chi connectivity index (χ2v) is 8.01. The van der Waals surface area contributed by atoms with Crippen molar-refractivity contribution >= 4 is 15.7 Å². The van der Waals surface area contributed by atoms with Crippen molar-refractivity contribution in [3.05, 3.63) is 75.9 Å². The quantitative estimate of drug-likeness (QED) is 0.923. The van der Waals surface area contributed by atoms with Crippen LogP contribution in [0.4, 0.5) is 0 Å². The monoisotopic (exact) mass is 325 g/mol. The molecule has 0 spiro atoms. The molecule has 1 N–H and O–H groups in total. The first kappa shape index (κ1) is 14.2. The molecule has 0 saturated heterocycles. The average molecular weight is 325 g/mol. The smallest absolute Gasteiger partial charge is 0.252 e. The fraction of sp³-hybridized carbons (Fsp3) is 0.167. The van der Waals surface area contributed by atoms with Crippen molar-refractivity contribution in [1.29, 1.82) is 0 Å². The number of sulfone groups is 1. The minimum atomic E-state index is -3.19. The number of benzene rings is 1. The zero-order valence-corrected chi connectivity index (χ0v) is 13.4. The molecule has 4 nitrogen and oxygen atoms in total. The topological polar surface area (TPSA) is 63.2 Å². The summed E-state index contributed by atoms with van der Waals surface area (Å²) in [5.41, 5.74) is 6.52. The third-order valence-corrected chi connectivity index (χ3v) is 5.45. The van der Waals surface area contributed by atoms with Gasteiger partial charge in [-0.1, -0.05) is 18.2 Å². The van der Waals surface area contributed by atoms with Gasteiger partial charge in [-0.05, 0) is 58.6 Å². The van der Waals surface area contributed by atoms with Crippen molar-refractivity contribution in [2.75, 3.05) is 6.26 Å². The van der Waals surface area contributed by atoms with Crippen LogP contribution in [0.25, 0.3) is 0 Å². The maximum atomic E-state index is 12.3. The molecule has 1 aromatic carbocycles. The van der Waals surface area contributed by atoms with Gasteiger partial charge in [-0.15, -0.1) is 0 Å². The number of nitrogens with one attached hydrogen (secondary N) is 1. The molecule has 3 aliphatic carbocycles. The Morgan fingerprint density at radius 1 is 1.13 bits per heavy atom. The molecule has 0 atom stereocenters. The van der Waals surface area contributed by atoms with Crippen LogP contribution in [-0.2, 0) is 21.2 Å². The van der Waals surface area contributed by atoms with Gasteiger partial charge in [0.25, 0.3) is 5.91 Å². The van der Waals surface area contributed by atoms with Crippen LogP contribution in [0.2, 0.25) is 0 Å². The Bertz CT molecular complexity index is 958. The number of hydrogen-bond donors (Lipinski definition) is 1. The highest BCUT2D eigenvalue weighted by Crippen LogP contribution is 2.51. The molecule has 0 unspecified atom stereocenters. The second kappa shape index (κ2) is 4.80. The highest BCUT2D eigenvalue weighted by atomic mass is 32.2. The second-order valence-electron chi connectivity index (χ2n) is 6.00. The first-order valence-corrected chi connectivity index (χ1v) is 9.26. The number of hydrogen-bond acceptors (Lipinski definition) is 3. The minimum Gasteiger partial charge on any atom is -0.348 e. The van der Waals surface area contributed by atoms with Crippen LogP contribution in [0.15, 0.2) is 75.3 Å². The molecule has 0 heterocycles. The van der Waals surface area contributed by atoms with E-state index in [1.54, 1.807) is 24.3 Å². The molecule has 23 heavy (non-hydrogen) atoms. The Morgan fingerprint density at radius 2 is 1.87 bits per heavy atom. The Hall–Kier alpha value is -2.40. The fourth-order valence-electron chi connectivity index (χ4n) is 2.97. The lowest BCUT2D eigenvalue weighted by molar-refractivity contribution is -0.117. The molecule has 0 aliphatic heterocycles. The first-order chi connectivity index (χ1) is 10.9. The third kappa shape index (κ3) is 2.47. The zero-order chi connectivity index (χ0) is 16.2. The standard InChI is InChI=1S/C18H15NO3S/c1-23(21,22)13-4-2-11(3-5-13)10-19-18(20)15-7-6-14-16-8-12(16)9-17(14)15/h2-7,9H,8,10H2,1H3,(H,19,20). The number of rotatable bonds is 4. The summed E-state index contributed by atoms with van der Waals surface area (Å²) in [7, 11) is -3.19. The van der Waals surface area contributed by atoms with Crippen LogP contribution < -0.4 is 5.32 Å². The zero-order valence-electron chi connectivity index (χ0n) is 12.6. The summed E-state index contributed by atoms with van der Waals surface area (Å²) < 4.78 is 22.9. The van der Waals surface area contributed by atoms with E-state index >= 15 is 0 Å². The van der Waals surface area contributed by atoms with E-state index in [1.165, 1.54) is 23.0 Å². The van der Waals surface area contributed by atoms with Gasteiger partial charge in [0.15, 0.2) is 9.84 Å². The summed E-state index contributed by atoms with van der Waals surface area (Å²) in [6.45, 7) is 0.371. The van der Waals surface area contributed by atoms with Gasteiger partial charge in [0, 0.05) is 18.4 Å². The van der Waals surface area contributed by atoms with Crippen LogP contribution >= 0.6 is 0 Å². The van der Waals surface area contributed by atoms with Crippen LogP contribution in [0.3, 0.4) is 0 Å². The van der Waals surface area contributed by atoms with Crippen molar-refractivity contribution in [1.82, 2.24) is 5.32 Å². The van der Waals surface area contributed by atoms with Crippen molar-refractivity contribution in [3.8, 4) is 0 Å². The molecule has 1 saturated carbocycles. The normalized spacial score (nSPS) is 18.0. The SMILES string of the molecule is CS(=O)(=O)c1ccc(CNC(=O)C2=C3C=C4CC4=C3C=C2)cc1. The minimum absolute atomic E-state index is 0.0998. The van der Waals surface area contributed by atoms with E-state index in [4.69, 9.17) is 0 Å². The van der Waals surface area contributed by atoms with Gasteiger partial charge in [-0.2, -0.15) is 0 Å². The molecule has 0 bridgehead atoms. The van der Waals surface area contributed by atoms with Crippen molar-refractivity contribution in [2.24, 2.45) is 0 Å². The third-order valence-electron chi connectivity index (χ3n) is 4.32. The summed E-state index contributed by atoms with van der Waals surface area (Å²) in [6, 6.07) is 6.56. The maximum Gasteiger partial charge on any atom is 0.252 e. The summed E-state index contributed by atoms with van der Waals surface area (Å²) in [6.07, 6.45) is 8.21. The molecule has 0 radical (unpaired) electrons. The van der Waals surface area contributed by atoms with Crippen molar-refractivity contribution in [2.45, 2.75) is 17.9 Å². The molecular formula is C18H15NO3S. The summed E-state index contributed by atoms with van der Waals surface area (Å²) in [4.78, 5) is 12.6. The molecule has 4 rings (SSSR count).